The van der Waals surface area contributed by atoms with Gasteiger partial charge in [-0.25, -0.2) is 4.68 Å². The number of aromatic nitrogens is 4. The van der Waals surface area contributed by atoms with Crippen LogP contribution in [0.1, 0.15) is 23.6 Å². The van der Waals surface area contributed by atoms with E-state index in [2.05, 4.69) is 20.8 Å². The molecule has 1 aromatic carbocycles. The Labute approximate surface area is 149 Å². The van der Waals surface area contributed by atoms with Gasteiger partial charge in [0.15, 0.2) is 0 Å². The minimum Gasteiger partial charge on any atom is -0.497 e. The van der Waals surface area contributed by atoms with Crippen LogP contribution in [0, 0.1) is 0 Å². The number of hydrogen-bond donors (Lipinski definition) is 1. The number of nitrogens with zero attached hydrogens (tertiary/aromatic N) is 4. The van der Waals surface area contributed by atoms with Crippen molar-refractivity contribution in [3.8, 4) is 5.75 Å². The monoisotopic (exact) mass is 357 g/mol. The third kappa shape index (κ3) is 4.63. The first-order valence-electron chi connectivity index (χ1n) is 7.90. The van der Waals surface area contributed by atoms with Gasteiger partial charge in [0.25, 0.3) is 0 Å². The van der Waals surface area contributed by atoms with Gasteiger partial charge in [0, 0.05) is 6.54 Å². The highest BCUT2D eigenvalue weighted by atomic mass is 32.1. The predicted octanol–water partition coefficient (Wildman–Crippen LogP) is 2.08. The fraction of sp³-hybridized carbons (Fsp3) is 0.294. The minimum atomic E-state index is -0.192. The zero-order valence-corrected chi connectivity index (χ0v) is 14.6. The van der Waals surface area contributed by atoms with E-state index in [9.17, 15) is 4.79 Å². The molecule has 0 spiro atoms. The number of nitrogens with one attached hydrogen (secondary N) is 1. The summed E-state index contributed by atoms with van der Waals surface area (Å²) in [4.78, 5) is 12.3. The van der Waals surface area contributed by atoms with Gasteiger partial charge < -0.3 is 10.1 Å². The molecule has 0 aliphatic heterocycles. The Hall–Kier alpha value is -2.74. The van der Waals surface area contributed by atoms with Gasteiger partial charge in [0.2, 0.25) is 5.91 Å². The normalized spacial score (nSPS) is 11.9. The van der Waals surface area contributed by atoms with Crippen LogP contribution in [0.3, 0.4) is 0 Å². The van der Waals surface area contributed by atoms with E-state index in [1.165, 1.54) is 6.33 Å². The molecule has 0 aliphatic rings. The van der Waals surface area contributed by atoms with E-state index in [4.69, 9.17) is 4.74 Å². The van der Waals surface area contributed by atoms with E-state index in [-0.39, 0.29) is 11.9 Å². The first-order valence-corrected chi connectivity index (χ1v) is 8.84. The number of carbonyl (C=O) groups is 1. The lowest BCUT2D eigenvalue weighted by Crippen LogP contribution is -2.29. The second kappa shape index (κ2) is 8.39. The maximum absolute atomic E-state index is 12.3. The average Bonchev–Trinajstić information content (AvgIpc) is 3.34. The second-order valence-electron chi connectivity index (χ2n) is 5.51. The number of amides is 1. The standard InChI is InChI=1S/C17H19N5O2S/c1-24-15-4-2-13(3-5-15)6-8-18-17(23)10-16(14-7-9-25-11-14)22-12-19-20-21-22/h2-5,7,9,11-12,16H,6,8,10H2,1H3,(H,18,23)/t16-/m0/s1. The molecule has 0 saturated heterocycles. The van der Waals surface area contributed by atoms with Crippen LogP contribution in [0.2, 0.25) is 0 Å². The average molecular weight is 357 g/mol. The highest BCUT2D eigenvalue weighted by molar-refractivity contribution is 7.07. The number of thiophene rings is 1. The molecule has 2 aromatic heterocycles. The number of tetrazole rings is 1. The van der Waals surface area contributed by atoms with Crippen molar-refractivity contribution in [2.24, 2.45) is 0 Å². The van der Waals surface area contributed by atoms with Crippen molar-refractivity contribution in [2.45, 2.75) is 18.9 Å². The molecule has 130 valence electrons. The molecule has 2 heterocycles. The molecular weight excluding hydrogens is 338 g/mol. The first kappa shape index (κ1) is 17.1. The van der Waals surface area contributed by atoms with Gasteiger partial charge in [-0.15, -0.1) is 5.10 Å². The highest BCUT2D eigenvalue weighted by Gasteiger charge is 2.19. The Bertz CT molecular complexity index is 738. The van der Waals surface area contributed by atoms with Crippen LogP contribution in [0.25, 0.3) is 0 Å². The Morgan fingerprint density at radius 2 is 2.16 bits per heavy atom. The van der Waals surface area contributed by atoms with E-state index in [1.54, 1.807) is 23.1 Å². The van der Waals surface area contributed by atoms with Crippen LogP contribution in [0.15, 0.2) is 47.4 Å². The second-order valence-corrected chi connectivity index (χ2v) is 6.29. The van der Waals surface area contributed by atoms with Crippen molar-refractivity contribution < 1.29 is 9.53 Å². The van der Waals surface area contributed by atoms with Crippen LogP contribution in [-0.2, 0) is 11.2 Å². The predicted molar refractivity (Wildman–Crippen MR) is 94.6 cm³/mol. The lowest BCUT2D eigenvalue weighted by atomic mass is 10.1. The van der Waals surface area contributed by atoms with Gasteiger partial charge in [0.05, 0.1) is 19.6 Å². The molecule has 0 saturated carbocycles. The number of ether oxygens (including phenoxy) is 1. The summed E-state index contributed by atoms with van der Waals surface area (Å²) in [5, 5.41) is 18.2. The van der Waals surface area contributed by atoms with Crippen molar-refractivity contribution in [1.82, 2.24) is 25.5 Å². The van der Waals surface area contributed by atoms with Crippen molar-refractivity contribution in [3.05, 3.63) is 58.5 Å². The lowest BCUT2D eigenvalue weighted by molar-refractivity contribution is -0.121. The fourth-order valence-corrected chi connectivity index (χ4v) is 3.23. The van der Waals surface area contributed by atoms with Gasteiger partial charge in [0.1, 0.15) is 12.1 Å². The van der Waals surface area contributed by atoms with E-state index < -0.39 is 0 Å². The van der Waals surface area contributed by atoms with Crippen molar-refractivity contribution in [3.63, 3.8) is 0 Å². The summed E-state index contributed by atoms with van der Waals surface area (Å²) < 4.78 is 6.76. The number of carbonyl (C=O) groups excluding carboxylic acids is 1. The summed E-state index contributed by atoms with van der Waals surface area (Å²) in [5.41, 5.74) is 2.18. The zero-order valence-electron chi connectivity index (χ0n) is 13.8. The molecule has 0 fully saturated rings. The molecule has 25 heavy (non-hydrogen) atoms. The largest absolute Gasteiger partial charge is 0.497 e. The minimum absolute atomic E-state index is 0.0276. The third-order valence-electron chi connectivity index (χ3n) is 3.89. The van der Waals surface area contributed by atoms with Crippen molar-refractivity contribution in [2.75, 3.05) is 13.7 Å². The molecular formula is C17H19N5O2S. The maximum atomic E-state index is 12.3. The summed E-state index contributed by atoms with van der Waals surface area (Å²) in [6.07, 6.45) is 2.60. The summed E-state index contributed by atoms with van der Waals surface area (Å²) in [6.45, 7) is 0.580. The summed E-state index contributed by atoms with van der Waals surface area (Å²) in [7, 11) is 1.64. The van der Waals surface area contributed by atoms with Crippen molar-refractivity contribution >= 4 is 17.2 Å². The van der Waals surface area contributed by atoms with Gasteiger partial charge in [-0.05, 0) is 56.9 Å². The summed E-state index contributed by atoms with van der Waals surface area (Å²) in [6, 6.07) is 9.63. The molecule has 1 atom stereocenters. The van der Waals surface area contributed by atoms with Crippen LogP contribution in [0.5, 0.6) is 5.75 Å². The quantitative estimate of drug-likeness (QED) is 0.667. The smallest absolute Gasteiger partial charge is 0.222 e. The summed E-state index contributed by atoms with van der Waals surface area (Å²) >= 11 is 1.59. The molecule has 0 unspecified atom stereocenters. The molecule has 3 rings (SSSR count). The molecule has 1 amide bonds. The van der Waals surface area contributed by atoms with Crippen molar-refractivity contribution in [1.29, 1.82) is 0 Å². The van der Waals surface area contributed by atoms with Crippen LogP contribution in [0.4, 0.5) is 0 Å². The Balaban J connectivity index is 1.53. The Kier molecular flexibility index (Phi) is 5.73. The van der Waals surface area contributed by atoms with Crippen LogP contribution < -0.4 is 10.1 Å². The van der Waals surface area contributed by atoms with Crippen LogP contribution >= 0.6 is 11.3 Å². The number of methoxy groups -OCH3 is 1. The third-order valence-corrected chi connectivity index (χ3v) is 4.59. The number of rotatable bonds is 8. The molecule has 0 bridgehead atoms. The van der Waals surface area contributed by atoms with Crippen LogP contribution in [-0.4, -0.2) is 39.8 Å². The summed E-state index contributed by atoms with van der Waals surface area (Å²) in [5.74, 6) is 0.799. The fourth-order valence-electron chi connectivity index (χ4n) is 2.53. The Morgan fingerprint density at radius 1 is 1.32 bits per heavy atom. The first-order chi connectivity index (χ1) is 12.3. The molecule has 0 radical (unpaired) electrons. The van der Waals surface area contributed by atoms with E-state index >= 15 is 0 Å². The van der Waals surface area contributed by atoms with Gasteiger partial charge >= 0.3 is 0 Å². The highest BCUT2D eigenvalue weighted by Crippen LogP contribution is 2.23. The topological polar surface area (TPSA) is 81.9 Å². The molecule has 8 heteroatoms. The lowest BCUT2D eigenvalue weighted by Gasteiger charge is -2.15. The van der Waals surface area contributed by atoms with E-state index in [0.717, 1.165) is 23.3 Å². The SMILES string of the molecule is COc1ccc(CCNC(=O)C[C@@H](c2ccsc2)n2cnnn2)cc1. The van der Waals surface area contributed by atoms with Gasteiger partial charge in [-0.3, -0.25) is 4.79 Å². The van der Waals surface area contributed by atoms with E-state index in [1.807, 2.05) is 41.1 Å². The molecule has 7 nitrogen and oxygen atoms in total. The maximum Gasteiger partial charge on any atom is 0.222 e. The molecule has 0 aliphatic carbocycles. The van der Waals surface area contributed by atoms with Gasteiger partial charge in [-0.2, -0.15) is 11.3 Å². The molecule has 3 aromatic rings. The van der Waals surface area contributed by atoms with Gasteiger partial charge in [-0.1, -0.05) is 12.1 Å². The number of benzene rings is 1. The number of hydrogen-bond acceptors (Lipinski definition) is 6. The molecule has 1 N–H and O–H groups in total. The Morgan fingerprint density at radius 3 is 2.80 bits per heavy atom. The zero-order chi connectivity index (χ0) is 17.5. The van der Waals surface area contributed by atoms with E-state index in [0.29, 0.717) is 13.0 Å².